The largest absolute Gasteiger partial charge is 0.460 e. The van der Waals surface area contributed by atoms with Gasteiger partial charge in [-0.3, -0.25) is 0 Å². The second kappa shape index (κ2) is 8.57. The van der Waals surface area contributed by atoms with Gasteiger partial charge in [0.15, 0.2) is 0 Å². The minimum absolute atomic E-state index is 0.411. The van der Waals surface area contributed by atoms with E-state index in [2.05, 4.69) is 36.5 Å². The van der Waals surface area contributed by atoms with Crippen LogP contribution in [-0.4, -0.2) is 6.04 Å². The average Bonchev–Trinajstić information content (AvgIpc) is 3.07. The third-order valence-electron chi connectivity index (χ3n) is 4.14. The molecule has 0 fully saturated rings. The highest BCUT2D eigenvalue weighted by atomic mass is 35.5. The molecular formula is C21H21Cl2NO. The van der Waals surface area contributed by atoms with E-state index in [1.807, 2.05) is 30.3 Å². The van der Waals surface area contributed by atoms with E-state index in [-0.39, 0.29) is 0 Å². The minimum atomic E-state index is 0.411. The maximum Gasteiger partial charge on any atom is 0.134 e. The summed E-state index contributed by atoms with van der Waals surface area (Å²) < 4.78 is 5.91. The van der Waals surface area contributed by atoms with Gasteiger partial charge in [-0.05, 0) is 55.7 Å². The van der Waals surface area contributed by atoms with Crippen molar-refractivity contribution in [1.29, 1.82) is 0 Å². The molecule has 0 radical (unpaired) electrons. The Morgan fingerprint density at radius 1 is 0.960 bits per heavy atom. The highest BCUT2D eigenvalue weighted by molar-refractivity contribution is 6.35. The molecule has 25 heavy (non-hydrogen) atoms. The number of aryl methyl sites for hydroxylation is 1. The van der Waals surface area contributed by atoms with E-state index in [4.69, 9.17) is 27.6 Å². The smallest absolute Gasteiger partial charge is 0.134 e. The van der Waals surface area contributed by atoms with Crippen molar-refractivity contribution in [3.8, 4) is 11.3 Å². The molecule has 0 aliphatic heterocycles. The van der Waals surface area contributed by atoms with E-state index in [1.54, 1.807) is 6.07 Å². The van der Waals surface area contributed by atoms with E-state index >= 15 is 0 Å². The molecule has 0 aliphatic rings. The van der Waals surface area contributed by atoms with Gasteiger partial charge in [0, 0.05) is 21.7 Å². The van der Waals surface area contributed by atoms with Gasteiger partial charge in [0.05, 0.1) is 6.54 Å². The fourth-order valence-corrected chi connectivity index (χ4v) is 3.25. The second-order valence-corrected chi connectivity index (χ2v) is 7.10. The van der Waals surface area contributed by atoms with Crippen LogP contribution in [-0.2, 0) is 13.0 Å². The van der Waals surface area contributed by atoms with Crippen molar-refractivity contribution in [2.45, 2.75) is 32.4 Å². The molecule has 0 amide bonds. The Morgan fingerprint density at radius 2 is 1.68 bits per heavy atom. The van der Waals surface area contributed by atoms with Gasteiger partial charge in [0.25, 0.3) is 0 Å². The van der Waals surface area contributed by atoms with Gasteiger partial charge in [0.2, 0.25) is 0 Å². The van der Waals surface area contributed by atoms with Gasteiger partial charge >= 0.3 is 0 Å². The zero-order valence-electron chi connectivity index (χ0n) is 14.1. The Balaban J connectivity index is 1.53. The SMILES string of the molecule is CC(CCc1ccccc1)NCc1ccc(-c2cc(Cl)cc(Cl)c2)o1. The van der Waals surface area contributed by atoms with Crippen LogP contribution in [0.5, 0.6) is 0 Å². The molecule has 1 atom stereocenters. The van der Waals surface area contributed by atoms with E-state index in [1.165, 1.54) is 5.56 Å². The monoisotopic (exact) mass is 373 g/mol. The van der Waals surface area contributed by atoms with Crippen molar-refractivity contribution in [1.82, 2.24) is 5.32 Å². The van der Waals surface area contributed by atoms with Gasteiger partial charge in [-0.25, -0.2) is 0 Å². The fourth-order valence-electron chi connectivity index (χ4n) is 2.73. The lowest BCUT2D eigenvalue weighted by Gasteiger charge is -2.12. The van der Waals surface area contributed by atoms with E-state index in [9.17, 15) is 0 Å². The van der Waals surface area contributed by atoms with Crippen molar-refractivity contribution in [2.75, 3.05) is 0 Å². The predicted octanol–water partition coefficient (Wildman–Crippen LogP) is 6.36. The lowest BCUT2D eigenvalue weighted by atomic mass is 10.1. The molecule has 130 valence electrons. The number of furan rings is 1. The molecule has 1 N–H and O–H groups in total. The molecule has 1 unspecified atom stereocenters. The molecule has 0 bridgehead atoms. The standard InChI is InChI=1S/C21H21Cl2NO/c1-15(7-8-16-5-3-2-4-6-16)24-14-20-9-10-21(25-20)17-11-18(22)13-19(23)12-17/h2-6,9-13,15,24H,7-8,14H2,1H3. The molecular weight excluding hydrogens is 353 g/mol. The molecule has 2 nitrogen and oxygen atoms in total. The summed E-state index contributed by atoms with van der Waals surface area (Å²) >= 11 is 12.1. The maximum atomic E-state index is 6.06. The molecule has 1 heterocycles. The summed E-state index contributed by atoms with van der Waals surface area (Å²) in [6.07, 6.45) is 2.15. The highest BCUT2D eigenvalue weighted by Gasteiger charge is 2.08. The van der Waals surface area contributed by atoms with Crippen LogP contribution < -0.4 is 5.32 Å². The Morgan fingerprint density at radius 3 is 2.40 bits per heavy atom. The summed E-state index contributed by atoms with van der Waals surface area (Å²) in [7, 11) is 0. The predicted molar refractivity (Wildman–Crippen MR) is 105 cm³/mol. The number of hydrogen-bond donors (Lipinski definition) is 1. The van der Waals surface area contributed by atoms with Crippen molar-refractivity contribution >= 4 is 23.2 Å². The minimum Gasteiger partial charge on any atom is -0.460 e. The molecule has 0 aliphatic carbocycles. The quantitative estimate of drug-likeness (QED) is 0.520. The van der Waals surface area contributed by atoms with Crippen molar-refractivity contribution in [3.05, 3.63) is 82.0 Å². The fraction of sp³-hybridized carbons (Fsp3) is 0.238. The Hall–Kier alpha value is -1.74. The summed E-state index contributed by atoms with van der Waals surface area (Å²) in [5.74, 6) is 1.68. The molecule has 4 heteroatoms. The second-order valence-electron chi connectivity index (χ2n) is 6.23. The molecule has 2 aromatic carbocycles. The lowest BCUT2D eigenvalue weighted by molar-refractivity contribution is 0.449. The van der Waals surface area contributed by atoms with E-state index in [0.29, 0.717) is 22.6 Å². The summed E-state index contributed by atoms with van der Waals surface area (Å²) in [6.45, 7) is 2.90. The normalized spacial score (nSPS) is 12.3. The number of rotatable bonds is 7. The molecule has 3 rings (SSSR count). The summed E-state index contributed by atoms with van der Waals surface area (Å²) in [5, 5.41) is 4.72. The molecule has 3 aromatic rings. The van der Waals surface area contributed by atoms with Gasteiger partial charge < -0.3 is 9.73 Å². The van der Waals surface area contributed by atoms with Crippen molar-refractivity contribution in [3.63, 3.8) is 0 Å². The van der Waals surface area contributed by atoms with Crippen LogP contribution in [0.1, 0.15) is 24.7 Å². The lowest BCUT2D eigenvalue weighted by Crippen LogP contribution is -2.25. The van der Waals surface area contributed by atoms with Gasteiger partial charge in [-0.2, -0.15) is 0 Å². The Bertz CT molecular complexity index is 794. The highest BCUT2D eigenvalue weighted by Crippen LogP contribution is 2.28. The first kappa shape index (κ1) is 18.1. The van der Waals surface area contributed by atoms with Crippen LogP contribution in [0.4, 0.5) is 0 Å². The van der Waals surface area contributed by atoms with Gasteiger partial charge in [0.1, 0.15) is 11.5 Å². The van der Waals surface area contributed by atoms with E-state index < -0.39 is 0 Å². The van der Waals surface area contributed by atoms with Crippen LogP contribution in [0.3, 0.4) is 0 Å². The third-order valence-corrected chi connectivity index (χ3v) is 4.58. The average molecular weight is 374 g/mol. The number of halogens is 2. The molecule has 0 saturated heterocycles. The van der Waals surface area contributed by atoms with Crippen molar-refractivity contribution < 1.29 is 4.42 Å². The van der Waals surface area contributed by atoms with Crippen LogP contribution in [0.15, 0.2) is 65.1 Å². The molecule has 1 aromatic heterocycles. The Kier molecular flexibility index (Phi) is 6.19. The van der Waals surface area contributed by atoms with Crippen LogP contribution >= 0.6 is 23.2 Å². The summed E-state index contributed by atoms with van der Waals surface area (Å²) in [6, 6.07) is 20.3. The first-order valence-electron chi connectivity index (χ1n) is 8.42. The Labute approximate surface area is 158 Å². The number of hydrogen-bond acceptors (Lipinski definition) is 2. The summed E-state index contributed by atoms with van der Waals surface area (Å²) in [5.41, 5.74) is 2.26. The van der Waals surface area contributed by atoms with Gasteiger partial charge in [-0.15, -0.1) is 0 Å². The third kappa shape index (κ3) is 5.37. The zero-order chi connectivity index (χ0) is 17.6. The maximum absolute atomic E-state index is 6.06. The van der Waals surface area contributed by atoms with Crippen LogP contribution in [0, 0.1) is 0 Å². The zero-order valence-corrected chi connectivity index (χ0v) is 15.6. The van der Waals surface area contributed by atoms with Crippen molar-refractivity contribution in [2.24, 2.45) is 0 Å². The first-order chi connectivity index (χ1) is 12.1. The van der Waals surface area contributed by atoms with Gasteiger partial charge in [-0.1, -0.05) is 53.5 Å². The topological polar surface area (TPSA) is 25.2 Å². The van der Waals surface area contributed by atoms with E-state index in [0.717, 1.165) is 29.9 Å². The van der Waals surface area contributed by atoms with Crippen LogP contribution in [0.2, 0.25) is 10.0 Å². The number of benzene rings is 2. The molecule has 0 spiro atoms. The summed E-state index contributed by atoms with van der Waals surface area (Å²) in [4.78, 5) is 0. The molecule has 0 saturated carbocycles. The first-order valence-corrected chi connectivity index (χ1v) is 9.18. The number of nitrogens with one attached hydrogen (secondary N) is 1. The van der Waals surface area contributed by atoms with Crippen LogP contribution in [0.25, 0.3) is 11.3 Å².